The number of ether oxygens (including phenoxy) is 1. The molecule has 1 saturated carbocycles. The Labute approximate surface area is 171 Å². The molecule has 0 spiro atoms. The first kappa shape index (κ1) is 17.7. The zero-order valence-corrected chi connectivity index (χ0v) is 16.2. The number of hydrogen-bond donors (Lipinski definition) is 0. The third kappa shape index (κ3) is 3.93. The molecule has 3 aromatic carbocycles. The van der Waals surface area contributed by atoms with Gasteiger partial charge in [0, 0.05) is 11.8 Å². The van der Waals surface area contributed by atoms with E-state index in [4.69, 9.17) is 4.74 Å². The minimum atomic E-state index is 0.552. The number of nitrogens with zero attached hydrogens (tertiary/aromatic N) is 1. The van der Waals surface area contributed by atoms with E-state index in [0.29, 0.717) is 18.4 Å². The maximum Gasteiger partial charge on any atom is 0.129 e. The lowest BCUT2D eigenvalue weighted by Crippen LogP contribution is -1.98. The van der Waals surface area contributed by atoms with E-state index in [1.54, 1.807) is 0 Å². The Morgan fingerprint density at radius 3 is 2.14 bits per heavy atom. The van der Waals surface area contributed by atoms with Gasteiger partial charge in [-0.2, -0.15) is 0 Å². The van der Waals surface area contributed by atoms with Crippen molar-refractivity contribution in [2.24, 2.45) is 0 Å². The molecule has 0 aliphatic heterocycles. The van der Waals surface area contributed by atoms with Crippen LogP contribution in [0.1, 0.15) is 34.9 Å². The molecule has 2 atom stereocenters. The van der Waals surface area contributed by atoms with Gasteiger partial charge in [0.15, 0.2) is 0 Å². The number of benzene rings is 3. The highest BCUT2D eigenvalue weighted by Gasteiger charge is 2.39. The van der Waals surface area contributed by atoms with Crippen LogP contribution in [0.2, 0.25) is 0 Å². The predicted molar refractivity (Wildman–Crippen MR) is 117 cm³/mol. The highest BCUT2D eigenvalue weighted by Crippen LogP contribution is 2.54. The molecule has 0 radical (unpaired) electrons. The lowest BCUT2D eigenvalue weighted by atomic mass is 10.0. The van der Waals surface area contributed by atoms with Gasteiger partial charge in [0.1, 0.15) is 12.4 Å². The monoisotopic (exact) mass is 377 g/mol. The van der Waals surface area contributed by atoms with Crippen LogP contribution in [0.4, 0.5) is 0 Å². The summed E-state index contributed by atoms with van der Waals surface area (Å²) in [6.45, 7) is 0.552. The van der Waals surface area contributed by atoms with Gasteiger partial charge in [0.05, 0.1) is 5.69 Å². The molecule has 2 nitrogen and oxygen atoms in total. The number of hydrogen-bond acceptors (Lipinski definition) is 2. The largest absolute Gasteiger partial charge is 0.488 e. The van der Waals surface area contributed by atoms with Crippen molar-refractivity contribution in [3.8, 4) is 17.0 Å². The van der Waals surface area contributed by atoms with Crippen LogP contribution in [0.15, 0.2) is 103 Å². The lowest BCUT2D eigenvalue weighted by Gasteiger charge is -2.11. The zero-order chi connectivity index (χ0) is 19.5. The van der Waals surface area contributed by atoms with E-state index in [0.717, 1.165) is 17.0 Å². The summed E-state index contributed by atoms with van der Waals surface area (Å²) in [6.07, 6.45) is 3.06. The van der Waals surface area contributed by atoms with Crippen LogP contribution >= 0.6 is 0 Å². The van der Waals surface area contributed by atoms with Crippen LogP contribution in [0.25, 0.3) is 11.3 Å². The molecule has 0 saturated heterocycles. The van der Waals surface area contributed by atoms with Crippen molar-refractivity contribution >= 4 is 0 Å². The minimum absolute atomic E-state index is 0.552. The summed E-state index contributed by atoms with van der Waals surface area (Å²) in [5, 5.41) is 0. The molecule has 1 aromatic heterocycles. The summed E-state index contributed by atoms with van der Waals surface area (Å²) in [5.74, 6) is 2.18. The van der Waals surface area contributed by atoms with E-state index in [2.05, 4.69) is 65.6 Å². The summed E-state index contributed by atoms with van der Waals surface area (Å²) in [4.78, 5) is 4.45. The van der Waals surface area contributed by atoms with Gasteiger partial charge in [-0.15, -0.1) is 0 Å². The second kappa shape index (κ2) is 7.92. The summed E-state index contributed by atoms with van der Waals surface area (Å²) in [5.41, 5.74) is 6.02. The maximum atomic E-state index is 6.14. The van der Waals surface area contributed by atoms with E-state index < -0.39 is 0 Å². The molecule has 29 heavy (non-hydrogen) atoms. The van der Waals surface area contributed by atoms with Gasteiger partial charge < -0.3 is 4.74 Å². The minimum Gasteiger partial charge on any atom is -0.488 e. The van der Waals surface area contributed by atoms with Crippen LogP contribution < -0.4 is 4.74 Å². The molecule has 4 aromatic rings. The van der Waals surface area contributed by atoms with Crippen molar-refractivity contribution in [2.45, 2.75) is 24.9 Å². The smallest absolute Gasteiger partial charge is 0.129 e. The maximum absolute atomic E-state index is 6.14. The second-order valence-electron chi connectivity index (χ2n) is 7.60. The standard InChI is InChI=1S/C27H23NO/c1-2-8-21(9-3-1)24-18-25(24)22-15-13-20(14-16-22)19-29-27-12-5-4-10-23(27)26-11-6-7-17-28-26/h1-17,24-25H,18-19H2/t24-,25-/m1/s1. The summed E-state index contributed by atoms with van der Waals surface area (Å²) in [6, 6.07) is 33.8. The van der Waals surface area contributed by atoms with Crippen molar-refractivity contribution in [2.75, 3.05) is 0 Å². The zero-order valence-electron chi connectivity index (χ0n) is 16.2. The molecule has 0 N–H and O–H groups in total. The van der Waals surface area contributed by atoms with Gasteiger partial charge in [-0.1, -0.05) is 72.8 Å². The molecule has 0 amide bonds. The highest BCUT2D eigenvalue weighted by atomic mass is 16.5. The van der Waals surface area contributed by atoms with Crippen LogP contribution in [0, 0.1) is 0 Å². The fraction of sp³-hybridized carbons (Fsp3) is 0.148. The predicted octanol–water partition coefficient (Wildman–Crippen LogP) is 6.60. The summed E-state index contributed by atoms with van der Waals surface area (Å²) in [7, 11) is 0. The third-order valence-electron chi connectivity index (χ3n) is 5.65. The van der Waals surface area contributed by atoms with E-state index in [9.17, 15) is 0 Å². The molecule has 0 bridgehead atoms. The highest BCUT2D eigenvalue weighted by molar-refractivity contribution is 5.66. The average molecular weight is 377 g/mol. The molecule has 142 valence electrons. The van der Waals surface area contributed by atoms with Gasteiger partial charge in [-0.25, -0.2) is 0 Å². The van der Waals surface area contributed by atoms with Crippen molar-refractivity contribution < 1.29 is 4.74 Å². The Morgan fingerprint density at radius 2 is 1.38 bits per heavy atom. The Bertz CT molecular complexity index is 1070. The molecular weight excluding hydrogens is 354 g/mol. The average Bonchev–Trinajstić information content (AvgIpc) is 3.60. The molecule has 1 heterocycles. The molecule has 1 aliphatic rings. The molecule has 1 aliphatic carbocycles. The van der Waals surface area contributed by atoms with Crippen molar-refractivity contribution in [1.82, 2.24) is 4.98 Å². The first-order valence-electron chi connectivity index (χ1n) is 10.2. The van der Waals surface area contributed by atoms with E-state index in [1.165, 1.54) is 23.1 Å². The fourth-order valence-electron chi connectivity index (χ4n) is 3.98. The van der Waals surface area contributed by atoms with E-state index in [-0.39, 0.29) is 0 Å². The molecule has 1 fully saturated rings. The Balaban J connectivity index is 1.25. The SMILES string of the molecule is c1ccc([C@H]2C[C@@H]2c2ccc(COc3ccccc3-c3ccccn3)cc2)cc1. The van der Waals surface area contributed by atoms with Crippen molar-refractivity contribution in [1.29, 1.82) is 0 Å². The molecule has 5 rings (SSSR count). The van der Waals surface area contributed by atoms with Gasteiger partial charge in [0.2, 0.25) is 0 Å². The van der Waals surface area contributed by atoms with Crippen molar-refractivity contribution in [3.63, 3.8) is 0 Å². The number of para-hydroxylation sites is 1. The van der Waals surface area contributed by atoms with Crippen LogP contribution in [0.3, 0.4) is 0 Å². The van der Waals surface area contributed by atoms with E-state index >= 15 is 0 Å². The van der Waals surface area contributed by atoms with Gasteiger partial charge >= 0.3 is 0 Å². The summed E-state index contributed by atoms with van der Waals surface area (Å²) < 4.78 is 6.14. The topological polar surface area (TPSA) is 22.1 Å². The normalized spacial score (nSPS) is 17.7. The van der Waals surface area contributed by atoms with Crippen LogP contribution in [0.5, 0.6) is 5.75 Å². The van der Waals surface area contributed by atoms with Gasteiger partial charge in [-0.3, -0.25) is 4.98 Å². The summed E-state index contributed by atoms with van der Waals surface area (Å²) >= 11 is 0. The van der Waals surface area contributed by atoms with E-state index in [1.807, 2.05) is 42.6 Å². The van der Waals surface area contributed by atoms with Crippen molar-refractivity contribution in [3.05, 3.63) is 120 Å². The van der Waals surface area contributed by atoms with Crippen LogP contribution in [-0.2, 0) is 6.61 Å². The molecular formula is C27H23NO. The van der Waals surface area contributed by atoms with Crippen LogP contribution in [-0.4, -0.2) is 4.98 Å². The number of pyridine rings is 1. The first-order chi connectivity index (χ1) is 14.4. The quantitative estimate of drug-likeness (QED) is 0.378. The third-order valence-corrected chi connectivity index (χ3v) is 5.65. The lowest BCUT2D eigenvalue weighted by molar-refractivity contribution is 0.307. The van der Waals surface area contributed by atoms with Gasteiger partial charge in [-0.05, 0) is 59.2 Å². The number of aromatic nitrogens is 1. The van der Waals surface area contributed by atoms with Gasteiger partial charge in [0.25, 0.3) is 0 Å². The number of rotatable bonds is 6. The Morgan fingerprint density at radius 1 is 0.690 bits per heavy atom. The Kier molecular flexibility index (Phi) is 4.83. The second-order valence-corrected chi connectivity index (χ2v) is 7.60. The Hall–Kier alpha value is -3.39. The molecule has 2 heteroatoms. The first-order valence-corrected chi connectivity index (χ1v) is 10.2. The fourth-order valence-corrected chi connectivity index (χ4v) is 3.98. The molecule has 0 unspecified atom stereocenters.